The number of halogens is 1. The smallest absolute Gasteiger partial charge is 0.137 e. The standard InChI is InChI=1S/C24H16ClNO/c25-17-14-15-20-23(16-17)27-22-13-7-12-21(24(20)22)26(18-8-3-1-4-9-18)19-10-5-2-6-11-19/h1-16H. The molecule has 5 rings (SSSR count). The maximum Gasteiger partial charge on any atom is 0.137 e. The SMILES string of the molecule is Clc1ccc2c(c1)oc1cccc(N(c3ccccc3)c3ccccc3)c12. The van der Waals surface area contributed by atoms with E-state index in [0.717, 1.165) is 39.0 Å². The lowest BCUT2D eigenvalue weighted by Crippen LogP contribution is -2.09. The van der Waals surface area contributed by atoms with Crippen molar-refractivity contribution >= 4 is 50.6 Å². The van der Waals surface area contributed by atoms with Crippen LogP contribution in [-0.2, 0) is 0 Å². The molecule has 3 heteroatoms. The van der Waals surface area contributed by atoms with Crippen molar-refractivity contribution in [2.45, 2.75) is 0 Å². The Hall–Kier alpha value is -3.23. The molecule has 0 saturated heterocycles. The lowest BCUT2D eigenvalue weighted by Gasteiger charge is -2.26. The molecule has 0 aliphatic heterocycles. The van der Waals surface area contributed by atoms with E-state index in [4.69, 9.17) is 16.0 Å². The summed E-state index contributed by atoms with van der Waals surface area (Å²) in [5.74, 6) is 0. The molecule has 27 heavy (non-hydrogen) atoms. The normalized spacial score (nSPS) is 11.1. The average Bonchev–Trinajstić information content (AvgIpc) is 3.08. The number of benzene rings is 4. The van der Waals surface area contributed by atoms with Gasteiger partial charge in [0.05, 0.1) is 11.1 Å². The summed E-state index contributed by atoms with van der Waals surface area (Å²) in [6.45, 7) is 0. The Balaban J connectivity index is 1.84. The van der Waals surface area contributed by atoms with Gasteiger partial charge < -0.3 is 9.32 Å². The molecule has 0 atom stereocenters. The predicted molar refractivity (Wildman–Crippen MR) is 113 cm³/mol. The Morgan fingerprint density at radius 1 is 0.630 bits per heavy atom. The van der Waals surface area contributed by atoms with Gasteiger partial charge in [-0.1, -0.05) is 54.1 Å². The van der Waals surface area contributed by atoms with Crippen LogP contribution >= 0.6 is 11.6 Å². The molecule has 0 fully saturated rings. The van der Waals surface area contributed by atoms with E-state index < -0.39 is 0 Å². The maximum atomic E-state index is 6.17. The highest BCUT2D eigenvalue weighted by Gasteiger charge is 2.18. The highest BCUT2D eigenvalue weighted by atomic mass is 35.5. The number of rotatable bonds is 3. The van der Waals surface area contributed by atoms with Crippen molar-refractivity contribution in [2.24, 2.45) is 0 Å². The minimum absolute atomic E-state index is 0.672. The molecule has 0 N–H and O–H groups in total. The monoisotopic (exact) mass is 369 g/mol. The van der Waals surface area contributed by atoms with Crippen LogP contribution < -0.4 is 4.90 Å². The van der Waals surface area contributed by atoms with Crippen molar-refractivity contribution in [1.82, 2.24) is 0 Å². The molecule has 0 aliphatic rings. The predicted octanol–water partition coefficient (Wildman–Crippen LogP) is 7.71. The Morgan fingerprint density at radius 3 is 1.96 bits per heavy atom. The largest absolute Gasteiger partial charge is 0.456 e. The van der Waals surface area contributed by atoms with Gasteiger partial charge in [0, 0.05) is 27.8 Å². The van der Waals surface area contributed by atoms with Gasteiger partial charge in [-0.05, 0) is 48.5 Å². The molecule has 0 amide bonds. The van der Waals surface area contributed by atoms with E-state index in [1.807, 2.05) is 42.5 Å². The van der Waals surface area contributed by atoms with Crippen LogP contribution in [0.25, 0.3) is 21.9 Å². The third-order valence-electron chi connectivity index (χ3n) is 4.71. The molecule has 4 aromatic carbocycles. The van der Waals surface area contributed by atoms with E-state index in [-0.39, 0.29) is 0 Å². The fourth-order valence-corrected chi connectivity index (χ4v) is 3.71. The molecule has 0 aliphatic carbocycles. The number of furan rings is 1. The number of fused-ring (bicyclic) bond motifs is 3. The first kappa shape index (κ1) is 16.0. The van der Waals surface area contributed by atoms with Crippen molar-refractivity contribution in [2.75, 3.05) is 4.90 Å². The molecule has 0 unspecified atom stereocenters. The first-order chi connectivity index (χ1) is 13.3. The summed E-state index contributed by atoms with van der Waals surface area (Å²) in [6.07, 6.45) is 0. The summed E-state index contributed by atoms with van der Waals surface area (Å²) >= 11 is 6.17. The first-order valence-corrected chi connectivity index (χ1v) is 9.20. The Bertz CT molecular complexity index is 1190. The summed E-state index contributed by atoms with van der Waals surface area (Å²) in [4.78, 5) is 2.26. The summed E-state index contributed by atoms with van der Waals surface area (Å²) in [5, 5.41) is 2.81. The zero-order valence-corrected chi connectivity index (χ0v) is 15.2. The van der Waals surface area contributed by atoms with Gasteiger partial charge in [-0.25, -0.2) is 0 Å². The second-order valence-corrected chi connectivity index (χ2v) is 6.84. The molecule has 0 spiro atoms. The van der Waals surface area contributed by atoms with Gasteiger partial charge >= 0.3 is 0 Å². The van der Waals surface area contributed by atoms with Crippen LogP contribution in [0.2, 0.25) is 5.02 Å². The van der Waals surface area contributed by atoms with Gasteiger partial charge in [0.15, 0.2) is 0 Å². The fraction of sp³-hybridized carbons (Fsp3) is 0. The second-order valence-electron chi connectivity index (χ2n) is 6.40. The molecule has 5 aromatic rings. The highest BCUT2D eigenvalue weighted by Crippen LogP contribution is 2.42. The van der Waals surface area contributed by atoms with Gasteiger partial charge in [0.2, 0.25) is 0 Å². The Labute approximate surface area is 162 Å². The van der Waals surface area contributed by atoms with E-state index in [2.05, 4.69) is 59.5 Å². The van der Waals surface area contributed by atoms with Crippen LogP contribution in [-0.4, -0.2) is 0 Å². The van der Waals surface area contributed by atoms with E-state index >= 15 is 0 Å². The van der Waals surface area contributed by atoms with E-state index in [9.17, 15) is 0 Å². The van der Waals surface area contributed by atoms with Gasteiger partial charge in [0.25, 0.3) is 0 Å². The minimum atomic E-state index is 0.672. The lowest BCUT2D eigenvalue weighted by molar-refractivity contribution is 0.669. The third kappa shape index (κ3) is 2.75. The summed E-state index contributed by atoms with van der Waals surface area (Å²) in [7, 11) is 0. The van der Waals surface area contributed by atoms with Crippen LogP contribution in [0.1, 0.15) is 0 Å². The zero-order valence-electron chi connectivity index (χ0n) is 14.5. The van der Waals surface area contributed by atoms with E-state index in [0.29, 0.717) is 5.02 Å². The minimum Gasteiger partial charge on any atom is -0.456 e. The molecular formula is C24H16ClNO. The molecule has 0 saturated carbocycles. The summed E-state index contributed by atoms with van der Waals surface area (Å²) in [6, 6.07) is 32.7. The van der Waals surface area contributed by atoms with Crippen molar-refractivity contribution in [3.8, 4) is 0 Å². The molecule has 0 radical (unpaired) electrons. The second kappa shape index (κ2) is 6.49. The molecule has 130 valence electrons. The van der Waals surface area contributed by atoms with Crippen LogP contribution in [0.15, 0.2) is 101 Å². The summed E-state index contributed by atoms with van der Waals surface area (Å²) in [5.41, 5.74) is 4.91. The number of anilines is 3. The number of nitrogens with zero attached hydrogens (tertiary/aromatic N) is 1. The lowest BCUT2D eigenvalue weighted by atomic mass is 10.1. The van der Waals surface area contributed by atoms with Gasteiger partial charge in [-0.3, -0.25) is 0 Å². The zero-order chi connectivity index (χ0) is 18.2. The van der Waals surface area contributed by atoms with E-state index in [1.54, 1.807) is 0 Å². The molecule has 1 aromatic heterocycles. The topological polar surface area (TPSA) is 16.4 Å². The molecule has 2 nitrogen and oxygen atoms in total. The Morgan fingerprint density at radius 2 is 1.30 bits per heavy atom. The highest BCUT2D eigenvalue weighted by molar-refractivity contribution is 6.31. The number of hydrogen-bond acceptors (Lipinski definition) is 2. The molecular weight excluding hydrogens is 354 g/mol. The van der Waals surface area contributed by atoms with Crippen LogP contribution in [0.5, 0.6) is 0 Å². The van der Waals surface area contributed by atoms with Crippen LogP contribution in [0, 0.1) is 0 Å². The maximum absolute atomic E-state index is 6.17. The van der Waals surface area contributed by atoms with E-state index in [1.165, 1.54) is 0 Å². The van der Waals surface area contributed by atoms with Crippen molar-refractivity contribution in [3.05, 3.63) is 102 Å². The fourth-order valence-electron chi connectivity index (χ4n) is 3.55. The molecule has 1 heterocycles. The van der Waals surface area contributed by atoms with Crippen molar-refractivity contribution in [3.63, 3.8) is 0 Å². The number of hydrogen-bond donors (Lipinski definition) is 0. The summed E-state index contributed by atoms with van der Waals surface area (Å²) < 4.78 is 6.08. The van der Waals surface area contributed by atoms with Gasteiger partial charge in [-0.2, -0.15) is 0 Å². The van der Waals surface area contributed by atoms with Crippen molar-refractivity contribution in [1.29, 1.82) is 0 Å². The van der Waals surface area contributed by atoms with Gasteiger partial charge in [0.1, 0.15) is 11.2 Å². The quantitative estimate of drug-likeness (QED) is 0.324. The molecule has 0 bridgehead atoms. The van der Waals surface area contributed by atoms with Crippen LogP contribution in [0.3, 0.4) is 0 Å². The first-order valence-electron chi connectivity index (χ1n) is 8.82. The van der Waals surface area contributed by atoms with Crippen LogP contribution in [0.4, 0.5) is 17.1 Å². The third-order valence-corrected chi connectivity index (χ3v) is 4.94. The Kier molecular flexibility index (Phi) is 3.84. The number of para-hydroxylation sites is 2. The van der Waals surface area contributed by atoms with Gasteiger partial charge in [-0.15, -0.1) is 0 Å². The van der Waals surface area contributed by atoms with Crippen molar-refractivity contribution < 1.29 is 4.42 Å². The average molecular weight is 370 g/mol.